The minimum absolute atomic E-state index is 0.0000869. The molecule has 0 spiro atoms. The molecule has 0 aliphatic carbocycles. The van der Waals surface area contributed by atoms with E-state index in [1.54, 1.807) is 18.2 Å². The Morgan fingerprint density at radius 1 is 1.18 bits per heavy atom. The molecule has 3 nitrogen and oxygen atoms in total. The van der Waals surface area contributed by atoms with Crippen molar-refractivity contribution in [2.45, 2.75) is 0 Å². The molecule has 2 aromatic carbocycles. The highest BCUT2D eigenvalue weighted by molar-refractivity contribution is 6.07. The van der Waals surface area contributed by atoms with Gasteiger partial charge in [-0.05, 0) is 17.5 Å². The van der Waals surface area contributed by atoms with Crippen LogP contribution in [-0.4, -0.2) is 19.2 Å². The highest BCUT2D eigenvalue weighted by atomic mass is 19.1. The van der Waals surface area contributed by atoms with Crippen molar-refractivity contribution >= 4 is 16.7 Å². The molecule has 0 unspecified atom stereocenters. The molecule has 88 valence electrons. The van der Waals surface area contributed by atoms with Crippen molar-refractivity contribution < 1.29 is 13.9 Å². The van der Waals surface area contributed by atoms with E-state index < -0.39 is 12.6 Å². The van der Waals surface area contributed by atoms with Crippen LogP contribution in [0.5, 0.6) is 5.75 Å². The molecule has 0 bridgehead atoms. The van der Waals surface area contributed by atoms with E-state index in [0.717, 1.165) is 10.8 Å². The van der Waals surface area contributed by atoms with Gasteiger partial charge in [0, 0.05) is 10.9 Å². The number of hydrogen-bond donors (Lipinski definition) is 1. The smallest absolute Gasteiger partial charge is 0.249 e. The van der Waals surface area contributed by atoms with E-state index in [1.165, 1.54) is 0 Å². The number of benzene rings is 2. The number of nitrogens with two attached hydrogens (primary N) is 1. The molecule has 0 saturated heterocycles. The van der Waals surface area contributed by atoms with Gasteiger partial charge in [0.25, 0.3) is 0 Å². The second-order valence-corrected chi connectivity index (χ2v) is 3.56. The molecular weight excluding hydrogens is 221 g/mol. The van der Waals surface area contributed by atoms with Gasteiger partial charge in [0.1, 0.15) is 19.0 Å². The van der Waals surface area contributed by atoms with E-state index in [-0.39, 0.29) is 6.61 Å². The summed E-state index contributed by atoms with van der Waals surface area (Å²) in [5.74, 6) is 0.0708. The molecule has 0 atom stereocenters. The van der Waals surface area contributed by atoms with Gasteiger partial charge in [-0.2, -0.15) is 0 Å². The Morgan fingerprint density at radius 3 is 2.53 bits per heavy atom. The van der Waals surface area contributed by atoms with Crippen molar-refractivity contribution in [1.29, 1.82) is 0 Å². The van der Waals surface area contributed by atoms with Crippen LogP contribution in [0.1, 0.15) is 10.4 Å². The molecule has 1 amide bonds. The van der Waals surface area contributed by atoms with Crippen molar-refractivity contribution in [2.75, 3.05) is 13.3 Å². The van der Waals surface area contributed by atoms with Crippen LogP contribution in [0.25, 0.3) is 10.8 Å². The van der Waals surface area contributed by atoms with Crippen LogP contribution in [0, 0.1) is 0 Å². The molecule has 2 N–H and O–H groups in total. The fourth-order valence-corrected chi connectivity index (χ4v) is 1.76. The molecule has 0 heterocycles. The van der Waals surface area contributed by atoms with Gasteiger partial charge in [-0.25, -0.2) is 4.39 Å². The molecular formula is C13H12FNO2. The van der Waals surface area contributed by atoms with Crippen LogP contribution in [0.2, 0.25) is 0 Å². The number of ether oxygens (including phenoxy) is 1. The molecule has 2 rings (SSSR count). The SMILES string of the molecule is NC(=O)c1ccc(OCCF)c2ccccc12. The fraction of sp³-hybridized carbons (Fsp3) is 0.154. The number of hydrogen-bond acceptors (Lipinski definition) is 2. The van der Waals surface area contributed by atoms with Crippen LogP contribution >= 0.6 is 0 Å². The van der Waals surface area contributed by atoms with Gasteiger partial charge in [0.15, 0.2) is 0 Å². The van der Waals surface area contributed by atoms with Gasteiger partial charge in [-0.3, -0.25) is 4.79 Å². The molecule has 2 aromatic rings. The quantitative estimate of drug-likeness (QED) is 0.880. The van der Waals surface area contributed by atoms with Crippen LogP contribution in [-0.2, 0) is 0 Å². The summed E-state index contributed by atoms with van der Waals surface area (Å²) in [5, 5.41) is 1.48. The van der Waals surface area contributed by atoms with E-state index in [1.807, 2.05) is 18.2 Å². The van der Waals surface area contributed by atoms with E-state index in [2.05, 4.69) is 0 Å². The average molecular weight is 233 g/mol. The zero-order valence-corrected chi connectivity index (χ0v) is 9.15. The van der Waals surface area contributed by atoms with Crippen molar-refractivity contribution in [3.05, 3.63) is 42.0 Å². The number of primary amides is 1. The Morgan fingerprint density at radius 2 is 1.88 bits per heavy atom. The second-order valence-electron chi connectivity index (χ2n) is 3.56. The second kappa shape index (κ2) is 4.82. The molecule has 0 saturated carbocycles. The average Bonchev–Trinajstić information content (AvgIpc) is 2.35. The van der Waals surface area contributed by atoms with Gasteiger partial charge in [0.2, 0.25) is 5.91 Å². The maximum Gasteiger partial charge on any atom is 0.249 e. The first-order valence-corrected chi connectivity index (χ1v) is 5.24. The molecule has 0 aliphatic heterocycles. The monoisotopic (exact) mass is 233 g/mol. The zero-order valence-electron chi connectivity index (χ0n) is 9.15. The third kappa shape index (κ3) is 2.20. The third-order valence-electron chi connectivity index (χ3n) is 2.48. The Kier molecular flexibility index (Phi) is 3.23. The molecule has 17 heavy (non-hydrogen) atoms. The van der Waals surface area contributed by atoms with Crippen molar-refractivity contribution in [1.82, 2.24) is 0 Å². The maximum absolute atomic E-state index is 12.1. The largest absolute Gasteiger partial charge is 0.490 e. The first kappa shape index (κ1) is 11.4. The summed E-state index contributed by atoms with van der Waals surface area (Å²) >= 11 is 0. The van der Waals surface area contributed by atoms with Crippen molar-refractivity contribution in [3.8, 4) is 5.75 Å². The Labute approximate surface area is 98.0 Å². The summed E-state index contributed by atoms with van der Waals surface area (Å²) in [6.07, 6.45) is 0. The first-order chi connectivity index (χ1) is 8.24. The lowest BCUT2D eigenvalue weighted by molar-refractivity contribution is 0.100. The minimum Gasteiger partial charge on any atom is -0.490 e. The first-order valence-electron chi connectivity index (χ1n) is 5.24. The van der Waals surface area contributed by atoms with Crippen molar-refractivity contribution in [2.24, 2.45) is 5.73 Å². The standard InChI is InChI=1S/C13H12FNO2/c14-7-8-17-12-6-5-11(13(15)16)9-3-1-2-4-10(9)12/h1-6H,7-8H2,(H2,15,16). The van der Waals surface area contributed by atoms with Crippen LogP contribution < -0.4 is 10.5 Å². The van der Waals surface area contributed by atoms with E-state index >= 15 is 0 Å². The van der Waals surface area contributed by atoms with E-state index in [9.17, 15) is 9.18 Å². The number of fused-ring (bicyclic) bond motifs is 1. The lowest BCUT2D eigenvalue weighted by atomic mass is 10.0. The number of carbonyl (C=O) groups is 1. The molecule has 0 fully saturated rings. The van der Waals surface area contributed by atoms with Gasteiger partial charge in [0.05, 0.1) is 0 Å². The van der Waals surface area contributed by atoms with Gasteiger partial charge < -0.3 is 10.5 Å². The number of carbonyl (C=O) groups excluding carboxylic acids is 1. The molecule has 4 heteroatoms. The normalized spacial score (nSPS) is 10.4. The van der Waals surface area contributed by atoms with Crippen LogP contribution in [0.4, 0.5) is 4.39 Å². The topological polar surface area (TPSA) is 52.3 Å². The Hall–Kier alpha value is -2.10. The summed E-state index contributed by atoms with van der Waals surface area (Å²) < 4.78 is 17.4. The zero-order chi connectivity index (χ0) is 12.3. The summed E-state index contributed by atoms with van der Waals surface area (Å²) in [6, 6.07) is 10.5. The highest BCUT2D eigenvalue weighted by Gasteiger charge is 2.09. The highest BCUT2D eigenvalue weighted by Crippen LogP contribution is 2.28. The van der Waals surface area contributed by atoms with Crippen LogP contribution in [0.3, 0.4) is 0 Å². The summed E-state index contributed by atoms with van der Waals surface area (Å²) in [6.45, 7) is -0.550. The van der Waals surface area contributed by atoms with E-state index in [0.29, 0.717) is 11.3 Å². The third-order valence-corrected chi connectivity index (χ3v) is 2.48. The Balaban J connectivity index is 2.58. The van der Waals surface area contributed by atoms with Gasteiger partial charge >= 0.3 is 0 Å². The summed E-state index contributed by atoms with van der Waals surface area (Å²) in [5.41, 5.74) is 5.73. The molecule has 0 radical (unpaired) electrons. The number of rotatable bonds is 4. The summed E-state index contributed by atoms with van der Waals surface area (Å²) in [7, 11) is 0. The molecule has 0 aromatic heterocycles. The minimum atomic E-state index is -0.550. The van der Waals surface area contributed by atoms with Gasteiger partial charge in [-0.15, -0.1) is 0 Å². The lowest BCUT2D eigenvalue weighted by Gasteiger charge is -2.09. The van der Waals surface area contributed by atoms with Crippen molar-refractivity contribution in [3.63, 3.8) is 0 Å². The van der Waals surface area contributed by atoms with Gasteiger partial charge in [-0.1, -0.05) is 24.3 Å². The number of amides is 1. The number of alkyl halides is 1. The number of halogens is 1. The predicted octanol–water partition coefficient (Wildman–Crippen LogP) is 2.29. The molecule has 0 aliphatic rings. The van der Waals surface area contributed by atoms with E-state index in [4.69, 9.17) is 10.5 Å². The Bertz CT molecular complexity index is 554. The predicted molar refractivity (Wildman–Crippen MR) is 63.9 cm³/mol. The maximum atomic E-state index is 12.1. The summed E-state index contributed by atoms with van der Waals surface area (Å²) in [4.78, 5) is 11.3. The fourth-order valence-electron chi connectivity index (χ4n) is 1.76. The van der Waals surface area contributed by atoms with Crippen LogP contribution in [0.15, 0.2) is 36.4 Å². The lowest BCUT2D eigenvalue weighted by Crippen LogP contribution is -2.11.